The molecule has 1 aromatic carbocycles. The first-order valence-corrected chi connectivity index (χ1v) is 6.33. The summed E-state index contributed by atoms with van der Waals surface area (Å²) in [6.07, 6.45) is 2.82. The second kappa shape index (κ2) is 7.04. The summed E-state index contributed by atoms with van der Waals surface area (Å²) < 4.78 is 5.06. The Kier molecular flexibility index (Phi) is 4.87. The molecule has 6 heteroatoms. The van der Waals surface area contributed by atoms with Gasteiger partial charge in [-0.1, -0.05) is 18.2 Å². The normalized spacial score (nSPS) is 9.90. The standard InChI is InChI=1S/C15H15N3O3/c16-14(19)13-5-3-11(4-6-13)10-21-15(20)18-9-12-2-1-7-17-8-12/h1-8H,9-10H2,(H2,16,19)(H,18,20). The smallest absolute Gasteiger partial charge is 0.407 e. The van der Waals surface area contributed by atoms with Crippen molar-refractivity contribution >= 4 is 12.0 Å². The highest BCUT2D eigenvalue weighted by Gasteiger charge is 2.04. The fourth-order valence-corrected chi connectivity index (χ4v) is 1.64. The summed E-state index contributed by atoms with van der Waals surface area (Å²) in [5.41, 5.74) is 7.22. The number of rotatable bonds is 5. The fraction of sp³-hybridized carbons (Fsp3) is 0.133. The van der Waals surface area contributed by atoms with Gasteiger partial charge in [-0.15, -0.1) is 0 Å². The Balaban J connectivity index is 1.77. The molecule has 3 N–H and O–H groups in total. The Morgan fingerprint density at radius 1 is 1.14 bits per heavy atom. The van der Waals surface area contributed by atoms with Gasteiger partial charge >= 0.3 is 6.09 Å². The van der Waals surface area contributed by atoms with E-state index in [1.807, 2.05) is 6.07 Å². The summed E-state index contributed by atoms with van der Waals surface area (Å²) in [6, 6.07) is 10.2. The first kappa shape index (κ1) is 14.5. The van der Waals surface area contributed by atoms with Crippen molar-refractivity contribution in [3.8, 4) is 0 Å². The van der Waals surface area contributed by atoms with Gasteiger partial charge < -0.3 is 15.8 Å². The van der Waals surface area contributed by atoms with Crippen LogP contribution in [0.2, 0.25) is 0 Å². The molecule has 0 aliphatic heterocycles. The Morgan fingerprint density at radius 3 is 2.52 bits per heavy atom. The molecule has 0 atom stereocenters. The van der Waals surface area contributed by atoms with E-state index in [1.54, 1.807) is 42.7 Å². The lowest BCUT2D eigenvalue weighted by Gasteiger charge is -2.07. The number of ether oxygens (including phenoxy) is 1. The Morgan fingerprint density at radius 2 is 1.90 bits per heavy atom. The van der Waals surface area contributed by atoms with Gasteiger partial charge in [0.1, 0.15) is 6.61 Å². The predicted molar refractivity (Wildman–Crippen MR) is 76.2 cm³/mol. The Bertz CT molecular complexity index is 612. The van der Waals surface area contributed by atoms with Crippen LogP contribution in [-0.2, 0) is 17.9 Å². The molecule has 0 bridgehead atoms. The van der Waals surface area contributed by atoms with Crippen LogP contribution in [0.3, 0.4) is 0 Å². The number of pyridine rings is 1. The zero-order valence-corrected chi connectivity index (χ0v) is 11.3. The number of aromatic nitrogens is 1. The van der Waals surface area contributed by atoms with Crippen molar-refractivity contribution in [1.82, 2.24) is 10.3 Å². The van der Waals surface area contributed by atoms with Crippen molar-refractivity contribution < 1.29 is 14.3 Å². The molecule has 108 valence electrons. The minimum atomic E-state index is -0.516. The average Bonchev–Trinajstić information content (AvgIpc) is 2.52. The minimum absolute atomic E-state index is 0.123. The molecular formula is C15H15N3O3. The van der Waals surface area contributed by atoms with Gasteiger partial charge in [0.05, 0.1) is 0 Å². The van der Waals surface area contributed by atoms with E-state index in [9.17, 15) is 9.59 Å². The van der Waals surface area contributed by atoms with Crippen LogP contribution in [0.15, 0.2) is 48.8 Å². The van der Waals surface area contributed by atoms with Crippen LogP contribution in [0.25, 0.3) is 0 Å². The molecule has 1 heterocycles. The zero-order valence-electron chi connectivity index (χ0n) is 11.3. The van der Waals surface area contributed by atoms with Gasteiger partial charge in [0.15, 0.2) is 0 Å². The van der Waals surface area contributed by atoms with Crippen molar-refractivity contribution in [2.75, 3.05) is 0 Å². The van der Waals surface area contributed by atoms with Crippen molar-refractivity contribution in [3.63, 3.8) is 0 Å². The summed E-state index contributed by atoms with van der Waals surface area (Å²) >= 11 is 0. The van der Waals surface area contributed by atoms with E-state index in [0.29, 0.717) is 12.1 Å². The van der Waals surface area contributed by atoms with E-state index in [0.717, 1.165) is 11.1 Å². The zero-order chi connectivity index (χ0) is 15.1. The second-order valence-electron chi connectivity index (χ2n) is 4.35. The molecule has 2 amide bonds. The van der Waals surface area contributed by atoms with Crippen molar-refractivity contribution in [3.05, 3.63) is 65.5 Å². The minimum Gasteiger partial charge on any atom is -0.445 e. The molecule has 0 fully saturated rings. The third-order valence-electron chi connectivity index (χ3n) is 2.77. The predicted octanol–water partition coefficient (Wildman–Crippen LogP) is 1.61. The van der Waals surface area contributed by atoms with Crippen LogP contribution in [0.4, 0.5) is 4.79 Å². The van der Waals surface area contributed by atoms with Gasteiger partial charge in [-0.05, 0) is 29.3 Å². The lowest BCUT2D eigenvalue weighted by molar-refractivity contribution is 0.1000. The van der Waals surface area contributed by atoms with E-state index in [2.05, 4.69) is 10.3 Å². The molecule has 6 nitrogen and oxygen atoms in total. The average molecular weight is 285 g/mol. The number of primary amides is 1. The number of carbonyl (C=O) groups excluding carboxylic acids is 2. The van der Waals surface area contributed by atoms with E-state index < -0.39 is 12.0 Å². The second-order valence-corrected chi connectivity index (χ2v) is 4.35. The molecule has 0 unspecified atom stereocenters. The molecule has 0 saturated carbocycles. The molecular weight excluding hydrogens is 270 g/mol. The molecule has 0 spiro atoms. The maximum Gasteiger partial charge on any atom is 0.407 e. The number of alkyl carbamates (subject to hydrolysis) is 1. The van der Waals surface area contributed by atoms with Crippen molar-refractivity contribution in [2.45, 2.75) is 13.2 Å². The maximum atomic E-state index is 11.5. The third-order valence-corrected chi connectivity index (χ3v) is 2.77. The summed E-state index contributed by atoms with van der Waals surface area (Å²) in [4.78, 5) is 26.4. The monoisotopic (exact) mass is 285 g/mol. The van der Waals surface area contributed by atoms with Crippen LogP contribution >= 0.6 is 0 Å². The van der Waals surface area contributed by atoms with Crippen LogP contribution in [0, 0.1) is 0 Å². The number of benzene rings is 1. The van der Waals surface area contributed by atoms with Crippen molar-refractivity contribution in [1.29, 1.82) is 0 Å². The number of nitrogens with one attached hydrogen (secondary N) is 1. The number of hydrogen-bond acceptors (Lipinski definition) is 4. The lowest BCUT2D eigenvalue weighted by Crippen LogP contribution is -2.23. The van der Waals surface area contributed by atoms with Crippen LogP contribution < -0.4 is 11.1 Å². The highest BCUT2D eigenvalue weighted by Crippen LogP contribution is 2.05. The summed E-state index contributed by atoms with van der Waals surface area (Å²) in [7, 11) is 0. The van der Waals surface area contributed by atoms with E-state index in [4.69, 9.17) is 10.5 Å². The first-order valence-electron chi connectivity index (χ1n) is 6.33. The van der Waals surface area contributed by atoms with Gasteiger partial charge in [0, 0.05) is 24.5 Å². The molecule has 0 radical (unpaired) electrons. The topological polar surface area (TPSA) is 94.3 Å². The first-order chi connectivity index (χ1) is 10.1. The van der Waals surface area contributed by atoms with Gasteiger partial charge in [-0.25, -0.2) is 4.79 Å². The van der Waals surface area contributed by atoms with Gasteiger partial charge in [-0.3, -0.25) is 9.78 Å². The fourth-order valence-electron chi connectivity index (χ4n) is 1.64. The molecule has 21 heavy (non-hydrogen) atoms. The highest BCUT2D eigenvalue weighted by molar-refractivity contribution is 5.92. The molecule has 2 aromatic rings. The summed E-state index contributed by atoms with van der Waals surface area (Å²) in [5, 5.41) is 2.62. The van der Waals surface area contributed by atoms with Crippen LogP contribution in [-0.4, -0.2) is 17.0 Å². The van der Waals surface area contributed by atoms with Gasteiger partial charge in [-0.2, -0.15) is 0 Å². The SMILES string of the molecule is NC(=O)c1ccc(COC(=O)NCc2cccnc2)cc1. The summed E-state index contributed by atoms with van der Waals surface area (Å²) in [6.45, 7) is 0.477. The number of carbonyl (C=O) groups is 2. The number of hydrogen-bond donors (Lipinski definition) is 2. The molecule has 0 aliphatic carbocycles. The Hall–Kier alpha value is -2.89. The number of nitrogens with zero attached hydrogens (tertiary/aromatic N) is 1. The molecule has 1 aromatic heterocycles. The lowest BCUT2D eigenvalue weighted by atomic mass is 10.1. The van der Waals surface area contributed by atoms with Crippen molar-refractivity contribution in [2.24, 2.45) is 5.73 Å². The maximum absolute atomic E-state index is 11.5. The largest absolute Gasteiger partial charge is 0.445 e. The summed E-state index contributed by atoms with van der Waals surface area (Å²) in [5.74, 6) is -0.489. The van der Waals surface area contributed by atoms with E-state index >= 15 is 0 Å². The van der Waals surface area contributed by atoms with Gasteiger partial charge in [0.25, 0.3) is 0 Å². The number of nitrogens with two attached hydrogens (primary N) is 1. The molecule has 0 aliphatic rings. The third kappa shape index (κ3) is 4.61. The Labute approximate surface area is 121 Å². The quantitative estimate of drug-likeness (QED) is 0.872. The highest BCUT2D eigenvalue weighted by atomic mass is 16.5. The van der Waals surface area contributed by atoms with E-state index in [1.165, 1.54) is 0 Å². The van der Waals surface area contributed by atoms with E-state index in [-0.39, 0.29) is 6.61 Å². The van der Waals surface area contributed by atoms with Gasteiger partial charge in [0.2, 0.25) is 5.91 Å². The molecule has 2 rings (SSSR count). The molecule has 0 saturated heterocycles. The number of amides is 2. The van der Waals surface area contributed by atoms with Crippen LogP contribution in [0.5, 0.6) is 0 Å². The van der Waals surface area contributed by atoms with Crippen LogP contribution in [0.1, 0.15) is 21.5 Å².